The summed E-state index contributed by atoms with van der Waals surface area (Å²) in [5.41, 5.74) is 2.17. The van der Waals surface area contributed by atoms with Crippen molar-refractivity contribution in [2.75, 3.05) is 5.32 Å². The molecule has 13 heavy (non-hydrogen) atoms. The molecule has 2 rings (SSSR count). The zero-order valence-electron chi connectivity index (χ0n) is 7.16. The molecule has 1 aromatic carbocycles. The lowest BCUT2D eigenvalue weighted by Gasteiger charge is -2.23. The molecule has 1 atom stereocenters. The smallest absolute Gasteiger partial charge is 0.326 e. The molecular formula is C10H11NO2. The fourth-order valence-corrected chi connectivity index (χ4v) is 1.62. The third kappa shape index (κ3) is 1.49. The van der Waals surface area contributed by atoms with Gasteiger partial charge in [0.25, 0.3) is 0 Å². The van der Waals surface area contributed by atoms with Gasteiger partial charge in [0.2, 0.25) is 0 Å². The molecule has 1 aliphatic rings. The minimum absolute atomic E-state index is 0.421. The zero-order valence-corrected chi connectivity index (χ0v) is 7.16. The highest BCUT2D eigenvalue weighted by atomic mass is 16.4. The van der Waals surface area contributed by atoms with Crippen molar-refractivity contribution in [2.24, 2.45) is 0 Å². The van der Waals surface area contributed by atoms with E-state index in [9.17, 15) is 4.79 Å². The van der Waals surface area contributed by atoms with E-state index < -0.39 is 12.0 Å². The van der Waals surface area contributed by atoms with Gasteiger partial charge in [-0.15, -0.1) is 0 Å². The number of anilines is 1. The number of aryl methyl sites for hydroxylation is 1. The van der Waals surface area contributed by atoms with Crippen LogP contribution in [-0.2, 0) is 11.2 Å². The van der Waals surface area contributed by atoms with Crippen molar-refractivity contribution in [1.82, 2.24) is 0 Å². The van der Waals surface area contributed by atoms with E-state index in [1.165, 1.54) is 5.56 Å². The van der Waals surface area contributed by atoms with Gasteiger partial charge in [0.05, 0.1) is 0 Å². The van der Waals surface area contributed by atoms with E-state index in [0.29, 0.717) is 6.42 Å². The first-order valence-corrected chi connectivity index (χ1v) is 4.34. The first kappa shape index (κ1) is 8.10. The number of rotatable bonds is 1. The van der Waals surface area contributed by atoms with Crippen molar-refractivity contribution in [3.05, 3.63) is 29.8 Å². The molecule has 0 saturated carbocycles. The molecule has 0 fully saturated rings. The van der Waals surface area contributed by atoms with Gasteiger partial charge in [0, 0.05) is 5.69 Å². The van der Waals surface area contributed by atoms with Gasteiger partial charge in [-0.3, -0.25) is 0 Å². The number of aliphatic carboxylic acids is 1. The second-order valence-corrected chi connectivity index (χ2v) is 3.23. The minimum Gasteiger partial charge on any atom is -0.480 e. The van der Waals surface area contributed by atoms with E-state index in [0.717, 1.165) is 12.1 Å². The van der Waals surface area contributed by atoms with Crippen LogP contribution in [0.5, 0.6) is 0 Å². The van der Waals surface area contributed by atoms with Gasteiger partial charge in [-0.2, -0.15) is 0 Å². The number of para-hydroxylation sites is 1. The highest BCUT2D eigenvalue weighted by Gasteiger charge is 2.22. The quantitative estimate of drug-likeness (QED) is 0.683. The third-order valence-corrected chi connectivity index (χ3v) is 2.35. The fraction of sp³-hybridized carbons (Fsp3) is 0.300. The largest absolute Gasteiger partial charge is 0.480 e. The molecule has 0 bridgehead atoms. The summed E-state index contributed by atoms with van der Waals surface area (Å²) in [6.07, 6.45) is 1.52. The van der Waals surface area contributed by atoms with E-state index in [1.54, 1.807) is 0 Å². The molecular weight excluding hydrogens is 166 g/mol. The average Bonchev–Trinajstić information content (AvgIpc) is 2.17. The number of fused-ring (bicyclic) bond motifs is 1. The normalized spacial score (nSPS) is 20.2. The van der Waals surface area contributed by atoms with E-state index in [-0.39, 0.29) is 0 Å². The Morgan fingerprint density at radius 2 is 2.23 bits per heavy atom. The molecule has 0 aromatic heterocycles. The summed E-state index contributed by atoms with van der Waals surface area (Å²) >= 11 is 0. The van der Waals surface area contributed by atoms with Gasteiger partial charge in [-0.25, -0.2) is 4.79 Å². The maximum absolute atomic E-state index is 10.7. The monoisotopic (exact) mass is 177 g/mol. The van der Waals surface area contributed by atoms with Crippen LogP contribution in [0.2, 0.25) is 0 Å². The standard InChI is InChI=1S/C10H11NO2/c12-10(13)9-6-5-7-3-1-2-4-8(7)11-9/h1-4,9,11H,5-6H2,(H,12,13)/t9-/m1/s1. The van der Waals surface area contributed by atoms with Crippen LogP contribution in [0, 0.1) is 0 Å². The van der Waals surface area contributed by atoms with E-state index in [1.807, 2.05) is 24.3 Å². The number of hydrogen-bond acceptors (Lipinski definition) is 2. The van der Waals surface area contributed by atoms with Crippen LogP contribution < -0.4 is 5.32 Å². The van der Waals surface area contributed by atoms with Gasteiger partial charge < -0.3 is 10.4 Å². The zero-order chi connectivity index (χ0) is 9.26. The lowest BCUT2D eigenvalue weighted by molar-refractivity contribution is -0.138. The lowest BCUT2D eigenvalue weighted by atomic mass is 9.98. The molecule has 0 aliphatic carbocycles. The van der Waals surface area contributed by atoms with Gasteiger partial charge in [-0.1, -0.05) is 18.2 Å². The van der Waals surface area contributed by atoms with Gasteiger partial charge in [-0.05, 0) is 24.5 Å². The van der Waals surface area contributed by atoms with Crippen LogP contribution in [0.25, 0.3) is 0 Å². The minimum atomic E-state index is -0.769. The Morgan fingerprint density at radius 3 is 3.00 bits per heavy atom. The Labute approximate surface area is 76.4 Å². The van der Waals surface area contributed by atoms with E-state index in [4.69, 9.17) is 5.11 Å². The summed E-state index contributed by atoms with van der Waals surface area (Å²) in [4.78, 5) is 10.7. The summed E-state index contributed by atoms with van der Waals surface area (Å²) < 4.78 is 0. The fourth-order valence-electron chi connectivity index (χ4n) is 1.62. The number of nitrogens with one attached hydrogen (secondary N) is 1. The summed E-state index contributed by atoms with van der Waals surface area (Å²) in [7, 11) is 0. The number of carboxylic acid groups (broad SMARTS) is 1. The van der Waals surface area contributed by atoms with Crippen LogP contribution in [0.3, 0.4) is 0 Å². The molecule has 68 valence electrons. The molecule has 0 spiro atoms. The van der Waals surface area contributed by atoms with Gasteiger partial charge in [0.15, 0.2) is 0 Å². The maximum atomic E-state index is 10.7. The summed E-state index contributed by atoms with van der Waals surface area (Å²) in [6, 6.07) is 7.41. The lowest BCUT2D eigenvalue weighted by Crippen LogP contribution is -2.33. The number of carbonyl (C=O) groups is 1. The second kappa shape index (κ2) is 3.09. The summed E-state index contributed by atoms with van der Waals surface area (Å²) in [5.74, 6) is -0.769. The Kier molecular flexibility index (Phi) is 1.93. The topological polar surface area (TPSA) is 49.3 Å². The van der Waals surface area contributed by atoms with Crippen LogP contribution in [0.1, 0.15) is 12.0 Å². The molecule has 0 saturated heterocycles. The van der Waals surface area contributed by atoms with Crippen LogP contribution in [0.4, 0.5) is 5.69 Å². The number of benzene rings is 1. The predicted octanol–water partition coefficient (Wildman–Crippen LogP) is 1.50. The Morgan fingerprint density at radius 1 is 1.46 bits per heavy atom. The summed E-state index contributed by atoms with van der Waals surface area (Å²) in [6.45, 7) is 0. The third-order valence-electron chi connectivity index (χ3n) is 2.35. The van der Waals surface area contributed by atoms with Crippen molar-refractivity contribution in [1.29, 1.82) is 0 Å². The van der Waals surface area contributed by atoms with Crippen molar-refractivity contribution in [3.8, 4) is 0 Å². The number of hydrogen-bond donors (Lipinski definition) is 2. The van der Waals surface area contributed by atoms with Crippen LogP contribution >= 0.6 is 0 Å². The summed E-state index contributed by atoms with van der Waals surface area (Å²) in [5, 5.41) is 11.8. The molecule has 1 heterocycles. The average molecular weight is 177 g/mol. The van der Waals surface area contributed by atoms with E-state index >= 15 is 0 Å². The van der Waals surface area contributed by atoms with Crippen LogP contribution in [-0.4, -0.2) is 17.1 Å². The molecule has 0 radical (unpaired) electrons. The number of carboxylic acids is 1. The first-order chi connectivity index (χ1) is 6.27. The van der Waals surface area contributed by atoms with Gasteiger partial charge >= 0.3 is 5.97 Å². The first-order valence-electron chi connectivity index (χ1n) is 4.34. The Balaban J connectivity index is 2.24. The molecule has 0 unspecified atom stereocenters. The Hall–Kier alpha value is -1.51. The molecule has 0 amide bonds. The Bertz CT molecular complexity index is 335. The molecule has 3 heteroatoms. The van der Waals surface area contributed by atoms with Crippen molar-refractivity contribution in [3.63, 3.8) is 0 Å². The van der Waals surface area contributed by atoms with E-state index in [2.05, 4.69) is 5.32 Å². The van der Waals surface area contributed by atoms with Gasteiger partial charge in [0.1, 0.15) is 6.04 Å². The van der Waals surface area contributed by atoms with Crippen molar-refractivity contribution < 1.29 is 9.90 Å². The second-order valence-electron chi connectivity index (χ2n) is 3.23. The molecule has 1 aromatic rings. The molecule has 3 nitrogen and oxygen atoms in total. The highest BCUT2D eigenvalue weighted by molar-refractivity contribution is 5.78. The SMILES string of the molecule is O=C(O)[C@H]1CCc2ccccc2N1. The van der Waals surface area contributed by atoms with Crippen molar-refractivity contribution in [2.45, 2.75) is 18.9 Å². The van der Waals surface area contributed by atoms with Crippen LogP contribution in [0.15, 0.2) is 24.3 Å². The maximum Gasteiger partial charge on any atom is 0.326 e. The highest BCUT2D eigenvalue weighted by Crippen LogP contribution is 2.23. The molecule has 2 N–H and O–H groups in total. The molecule has 1 aliphatic heterocycles. The predicted molar refractivity (Wildman–Crippen MR) is 49.8 cm³/mol. The van der Waals surface area contributed by atoms with Crippen molar-refractivity contribution >= 4 is 11.7 Å².